The quantitative estimate of drug-likeness (QED) is 0.862. The van der Waals surface area contributed by atoms with E-state index in [1.54, 1.807) is 12.1 Å². The van der Waals surface area contributed by atoms with E-state index in [-0.39, 0.29) is 17.5 Å². The second-order valence-corrected chi connectivity index (χ2v) is 5.82. The van der Waals surface area contributed by atoms with Gasteiger partial charge in [-0.05, 0) is 47.7 Å². The predicted octanol–water partition coefficient (Wildman–Crippen LogP) is 2.27. The van der Waals surface area contributed by atoms with Crippen molar-refractivity contribution in [1.29, 1.82) is 0 Å². The number of anilines is 1. The van der Waals surface area contributed by atoms with Crippen molar-refractivity contribution in [3.63, 3.8) is 0 Å². The monoisotopic (exact) mass is 291 g/mol. The highest BCUT2D eigenvalue weighted by atomic mass is 16.4. The number of aromatic nitrogens is 1. The molecule has 4 nitrogen and oxygen atoms in total. The number of carboxylic acid groups (broad SMARTS) is 1. The van der Waals surface area contributed by atoms with Gasteiger partial charge in [-0.25, -0.2) is 0 Å². The summed E-state index contributed by atoms with van der Waals surface area (Å²) >= 11 is 0. The molecule has 2 heterocycles. The van der Waals surface area contributed by atoms with Gasteiger partial charge in [0, 0.05) is 17.8 Å². The minimum atomic E-state index is -1.13. The Morgan fingerprint density at radius 1 is 1.27 bits per heavy atom. The van der Waals surface area contributed by atoms with Gasteiger partial charge in [-0.15, -0.1) is 0 Å². The van der Waals surface area contributed by atoms with Gasteiger partial charge >= 0.3 is 0 Å². The van der Waals surface area contributed by atoms with Gasteiger partial charge in [0.1, 0.15) is 0 Å². The number of allylic oxidation sites excluding steroid dienone is 2. The first-order valence-electron chi connectivity index (χ1n) is 7.43. The second kappa shape index (κ2) is 4.98. The summed E-state index contributed by atoms with van der Waals surface area (Å²) in [6.07, 6.45) is 7.13. The van der Waals surface area contributed by atoms with E-state index in [1.807, 2.05) is 30.5 Å². The maximum Gasteiger partial charge on any atom is 0.0725 e. The van der Waals surface area contributed by atoms with Crippen LogP contribution < -0.4 is 10.4 Å². The number of carboxylic acids is 1. The first-order chi connectivity index (χ1) is 10.7. The predicted molar refractivity (Wildman–Crippen MR) is 81.4 cm³/mol. The SMILES string of the molecule is O=C([O-])c1ccc2c(c1)[C@H]1C=CC[C@H]1[C@@H](c1ccccn1)N2. The van der Waals surface area contributed by atoms with Crippen LogP contribution in [0.4, 0.5) is 5.69 Å². The van der Waals surface area contributed by atoms with Crippen LogP contribution in [0.15, 0.2) is 54.7 Å². The summed E-state index contributed by atoms with van der Waals surface area (Å²) in [5.41, 5.74) is 3.27. The van der Waals surface area contributed by atoms with E-state index in [0.717, 1.165) is 23.4 Å². The normalized spacial score (nSPS) is 25.2. The summed E-state index contributed by atoms with van der Waals surface area (Å²) in [6.45, 7) is 0. The number of hydrogen-bond acceptors (Lipinski definition) is 4. The van der Waals surface area contributed by atoms with Crippen molar-refractivity contribution < 1.29 is 9.90 Å². The lowest BCUT2D eigenvalue weighted by Crippen LogP contribution is -2.30. The van der Waals surface area contributed by atoms with Crippen LogP contribution in [0.2, 0.25) is 0 Å². The Balaban J connectivity index is 1.79. The molecule has 0 radical (unpaired) electrons. The second-order valence-electron chi connectivity index (χ2n) is 5.82. The molecule has 2 aromatic rings. The molecule has 0 bridgehead atoms. The molecule has 1 aromatic heterocycles. The smallest absolute Gasteiger partial charge is 0.0725 e. The molecule has 1 N–H and O–H groups in total. The number of hydrogen-bond donors (Lipinski definition) is 1. The summed E-state index contributed by atoms with van der Waals surface area (Å²) < 4.78 is 0. The zero-order valence-electron chi connectivity index (χ0n) is 11.9. The topological polar surface area (TPSA) is 65.0 Å². The van der Waals surface area contributed by atoms with Gasteiger partial charge in [0.15, 0.2) is 0 Å². The van der Waals surface area contributed by atoms with Gasteiger partial charge in [-0.2, -0.15) is 0 Å². The minimum Gasteiger partial charge on any atom is -0.545 e. The lowest BCUT2D eigenvalue weighted by molar-refractivity contribution is -0.255. The van der Waals surface area contributed by atoms with Gasteiger partial charge in [-0.1, -0.05) is 24.3 Å². The van der Waals surface area contributed by atoms with Crippen LogP contribution in [0.25, 0.3) is 0 Å². The number of nitrogens with one attached hydrogen (secondary N) is 1. The molecule has 0 fully saturated rings. The number of rotatable bonds is 2. The molecule has 4 heteroatoms. The Labute approximate surface area is 128 Å². The van der Waals surface area contributed by atoms with Crippen LogP contribution in [0, 0.1) is 5.92 Å². The van der Waals surface area contributed by atoms with E-state index in [9.17, 15) is 9.90 Å². The number of fused-ring (bicyclic) bond motifs is 3. The number of benzene rings is 1. The van der Waals surface area contributed by atoms with E-state index in [2.05, 4.69) is 22.5 Å². The Morgan fingerprint density at radius 2 is 2.18 bits per heavy atom. The van der Waals surface area contributed by atoms with Crippen molar-refractivity contribution in [1.82, 2.24) is 4.98 Å². The Morgan fingerprint density at radius 3 is 2.95 bits per heavy atom. The van der Waals surface area contributed by atoms with Crippen molar-refractivity contribution in [3.05, 3.63) is 71.6 Å². The van der Waals surface area contributed by atoms with Gasteiger partial charge in [-0.3, -0.25) is 4.98 Å². The highest BCUT2D eigenvalue weighted by molar-refractivity contribution is 5.87. The van der Waals surface area contributed by atoms with Crippen molar-refractivity contribution in [2.75, 3.05) is 5.32 Å². The fraction of sp³-hybridized carbons (Fsp3) is 0.222. The molecule has 0 saturated carbocycles. The zero-order valence-corrected chi connectivity index (χ0v) is 11.9. The lowest BCUT2D eigenvalue weighted by Gasteiger charge is -2.37. The van der Waals surface area contributed by atoms with Crippen LogP contribution in [0.5, 0.6) is 0 Å². The molecular weight excluding hydrogens is 276 g/mol. The number of aromatic carboxylic acids is 1. The van der Waals surface area contributed by atoms with E-state index in [0.29, 0.717) is 5.92 Å². The van der Waals surface area contributed by atoms with Crippen LogP contribution >= 0.6 is 0 Å². The fourth-order valence-corrected chi connectivity index (χ4v) is 3.57. The minimum absolute atomic E-state index is 0.141. The lowest BCUT2D eigenvalue weighted by atomic mass is 9.78. The highest BCUT2D eigenvalue weighted by Gasteiger charge is 2.38. The standard InChI is InChI=1S/C18H16N2O2/c21-18(22)11-7-8-15-14(10-11)12-4-3-5-13(12)17(20-15)16-6-1-2-9-19-16/h1-4,6-10,12-13,17,20H,5H2,(H,21,22)/p-1/t12-,13+,17-/m0/s1. The van der Waals surface area contributed by atoms with Crippen molar-refractivity contribution in [2.24, 2.45) is 5.92 Å². The average Bonchev–Trinajstić information content (AvgIpc) is 3.04. The maximum atomic E-state index is 11.1. The third-order valence-corrected chi connectivity index (χ3v) is 4.60. The van der Waals surface area contributed by atoms with E-state index < -0.39 is 5.97 Å². The summed E-state index contributed by atoms with van der Waals surface area (Å²) in [5, 5.41) is 14.6. The molecule has 0 spiro atoms. The Bertz CT molecular complexity index is 755. The van der Waals surface area contributed by atoms with Crippen molar-refractivity contribution >= 4 is 11.7 Å². The molecule has 3 atom stereocenters. The largest absolute Gasteiger partial charge is 0.545 e. The molecule has 1 aliphatic carbocycles. The summed E-state index contributed by atoms with van der Waals surface area (Å²) in [6, 6.07) is 11.2. The van der Waals surface area contributed by atoms with E-state index >= 15 is 0 Å². The Hall–Kier alpha value is -2.62. The average molecular weight is 291 g/mol. The van der Waals surface area contributed by atoms with Crippen molar-refractivity contribution in [3.8, 4) is 0 Å². The van der Waals surface area contributed by atoms with Gasteiger partial charge in [0.2, 0.25) is 0 Å². The molecule has 4 rings (SSSR count). The van der Waals surface area contributed by atoms with Gasteiger partial charge in [0.05, 0.1) is 17.7 Å². The van der Waals surface area contributed by atoms with Crippen LogP contribution in [-0.2, 0) is 0 Å². The highest BCUT2D eigenvalue weighted by Crippen LogP contribution is 2.49. The number of carbonyl (C=O) groups is 1. The van der Waals surface area contributed by atoms with Gasteiger partial charge in [0.25, 0.3) is 0 Å². The van der Waals surface area contributed by atoms with Crippen LogP contribution in [0.3, 0.4) is 0 Å². The summed E-state index contributed by atoms with van der Waals surface area (Å²) in [7, 11) is 0. The first kappa shape index (κ1) is 13.1. The summed E-state index contributed by atoms with van der Waals surface area (Å²) in [5.74, 6) is -0.546. The summed E-state index contributed by atoms with van der Waals surface area (Å²) in [4.78, 5) is 15.6. The molecule has 0 amide bonds. The van der Waals surface area contributed by atoms with E-state index in [1.165, 1.54) is 0 Å². The van der Waals surface area contributed by atoms with Crippen LogP contribution in [0.1, 0.15) is 40.0 Å². The fourth-order valence-electron chi connectivity index (χ4n) is 3.57. The molecule has 1 aliphatic heterocycles. The molecule has 110 valence electrons. The molecule has 1 aromatic carbocycles. The Kier molecular flexibility index (Phi) is 2.96. The molecule has 2 aliphatic rings. The number of nitrogens with zero attached hydrogens (tertiary/aromatic N) is 1. The molecule has 0 unspecified atom stereocenters. The number of carbonyl (C=O) groups excluding carboxylic acids is 1. The maximum absolute atomic E-state index is 11.1. The third-order valence-electron chi connectivity index (χ3n) is 4.60. The molecular formula is C18H15N2O2-. The number of pyridine rings is 1. The van der Waals surface area contributed by atoms with Gasteiger partial charge < -0.3 is 15.2 Å². The molecule has 0 saturated heterocycles. The van der Waals surface area contributed by atoms with Crippen molar-refractivity contribution in [2.45, 2.75) is 18.4 Å². The molecule has 22 heavy (non-hydrogen) atoms. The van der Waals surface area contributed by atoms with E-state index in [4.69, 9.17) is 0 Å². The third kappa shape index (κ3) is 1.99. The first-order valence-corrected chi connectivity index (χ1v) is 7.43. The zero-order chi connectivity index (χ0) is 15.1. The van der Waals surface area contributed by atoms with Crippen LogP contribution in [-0.4, -0.2) is 11.0 Å².